The predicted octanol–water partition coefficient (Wildman–Crippen LogP) is 3.66. The minimum Gasteiger partial charge on any atom is -0.464 e. The lowest BCUT2D eigenvalue weighted by Gasteiger charge is -2.16. The van der Waals surface area contributed by atoms with Gasteiger partial charge in [0, 0.05) is 17.5 Å². The third kappa shape index (κ3) is 1.79. The highest BCUT2D eigenvalue weighted by atomic mass is 32.2. The smallest absolute Gasteiger partial charge is 0.168 e. The first-order valence-corrected chi connectivity index (χ1v) is 7.13. The number of hydrogen-bond acceptors (Lipinski definition) is 4. The van der Waals surface area contributed by atoms with Gasteiger partial charge in [-0.05, 0) is 17.7 Å². The molecule has 2 aliphatic rings. The topological polar surface area (TPSA) is 28.7 Å². The Morgan fingerprint density at radius 1 is 1.11 bits per heavy atom. The minimum absolute atomic E-state index is 0.907. The van der Waals surface area contributed by atoms with E-state index >= 15 is 0 Å². The van der Waals surface area contributed by atoms with Gasteiger partial charge in [-0.25, -0.2) is 0 Å². The van der Waals surface area contributed by atoms with Crippen molar-refractivity contribution in [2.75, 3.05) is 13.1 Å². The zero-order valence-electron chi connectivity index (χ0n) is 10.2. The summed E-state index contributed by atoms with van der Waals surface area (Å²) in [5.41, 5.74) is 3.59. The van der Waals surface area contributed by atoms with E-state index in [4.69, 9.17) is 4.42 Å². The van der Waals surface area contributed by atoms with Crippen molar-refractivity contribution in [3.05, 3.63) is 53.6 Å². The predicted molar refractivity (Wildman–Crippen MR) is 78.7 cm³/mol. The Labute approximate surface area is 115 Å². The maximum absolute atomic E-state index is 5.41. The zero-order chi connectivity index (χ0) is 12.7. The third-order valence-electron chi connectivity index (χ3n) is 3.35. The van der Waals surface area contributed by atoms with Crippen LogP contribution in [-0.4, -0.2) is 23.2 Å². The maximum Gasteiger partial charge on any atom is 0.168 e. The molecule has 1 aromatic heterocycles. The molecular weight excluding hydrogens is 256 g/mol. The number of rotatable bonds is 2. The molecule has 0 bridgehead atoms. The fraction of sp³-hybridized carbons (Fsp3) is 0.133. The van der Waals surface area contributed by atoms with E-state index < -0.39 is 0 Å². The molecule has 19 heavy (non-hydrogen) atoms. The van der Waals surface area contributed by atoms with E-state index in [1.807, 2.05) is 12.1 Å². The average Bonchev–Trinajstić information content (AvgIpc) is 3.16. The molecule has 0 radical (unpaired) electrons. The first-order valence-electron chi connectivity index (χ1n) is 6.25. The lowest BCUT2D eigenvalue weighted by Crippen LogP contribution is -2.19. The van der Waals surface area contributed by atoms with Crippen LogP contribution in [0.3, 0.4) is 0 Å². The number of thioether (sulfide) groups is 1. The molecule has 0 fully saturated rings. The Bertz CT molecular complexity index is 656. The van der Waals surface area contributed by atoms with Crippen molar-refractivity contribution in [2.45, 2.75) is 0 Å². The number of amidine groups is 1. The van der Waals surface area contributed by atoms with Crippen LogP contribution in [0.25, 0.3) is 17.0 Å². The molecule has 0 unspecified atom stereocenters. The van der Waals surface area contributed by atoms with Gasteiger partial charge in [-0.1, -0.05) is 36.0 Å². The Morgan fingerprint density at radius 3 is 2.74 bits per heavy atom. The standard InChI is InChI=1S/C15H12N2OS/c1-2-14(18-9-1)12-5-3-11(4-6-12)13-10-19-15-16-7-8-17(13)15/h1-6,9-10H,7-8H2. The van der Waals surface area contributed by atoms with Gasteiger partial charge in [0.2, 0.25) is 0 Å². The van der Waals surface area contributed by atoms with E-state index in [0.29, 0.717) is 0 Å². The van der Waals surface area contributed by atoms with Gasteiger partial charge in [-0.15, -0.1) is 0 Å². The van der Waals surface area contributed by atoms with Crippen LogP contribution in [0.15, 0.2) is 57.5 Å². The Balaban J connectivity index is 1.65. The summed E-state index contributed by atoms with van der Waals surface area (Å²) in [4.78, 5) is 6.75. The van der Waals surface area contributed by atoms with Gasteiger partial charge in [-0.2, -0.15) is 0 Å². The molecule has 4 rings (SSSR count). The van der Waals surface area contributed by atoms with Crippen LogP contribution in [0.1, 0.15) is 5.56 Å². The Kier molecular flexibility index (Phi) is 2.48. The summed E-state index contributed by atoms with van der Waals surface area (Å²) in [5, 5.41) is 3.31. The van der Waals surface area contributed by atoms with Gasteiger partial charge in [-0.3, -0.25) is 4.99 Å². The lowest BCUT2D eigenvalue weighted by molar-refractivity contribution is 0.582. The Morgan fingerprint density at radius 2 is 1.95 bits per heavy atom. The number of fused-ring (bicyclic) bond motifs is 1. The van der Waals surface area contributed by atoms with Crippen LogP contribution in [0.5, 0.6) is 0 Å². The summed E-state index contributed by atoms with van der Waals surface area (Å²) in [7, 11) is 0. The highest BCUT2D eigenvalue weighted by molar-refractivity contribution is 8.16. The molecule has 0 saturated heterocycles. The summed E-state index contributed by atoms with van der Waals surface area (Å²) >= 11 is 1.71. The van der Waals surface area contributed by atoms with Crippen LogP contribution < -0.4 is 0 Å². The minimum atomic E-state index is 0.907. The quantitative estimate of drug-likeness (QED) is 0.832. The van der Waals surface area contributed by atoms with E-state index in [2.05, 4.69) is 39.6 Å². The molecule has 0 N–H and O–H groups in total. The first-order chi connectivity index (χ1) is 9.42. The molecule has 0 amide bonds. The van der Waals surface area contributed by atoms with Crippen molar-refractivity contribution in [2.24, 2.45) is 4.99 Å². The van der Waals surface area contributed by atoms with E-state index in [1.54, 1.807) is 18.0 Å². The second kappa shape index (κ2) is 4.31. The molecule has 1 aromatic carbocycles. The summed E-state index contributed by atoms with van der Waals surface area (Å²) < 4.78 is 5.41. The summed E-state index contributed by atoms with van der Waals surface area (Å²) in [5.74, 6) is 0.907. The highest BCUT2D eigenvalue weighted by Crippen LogP contribution is 2.35. The summed E-state index contributed by atoms with van der Waals surface area (Å²) in [6.45, 7) is 1.90. The third-order valence-corrected chi connectivity index (χ3v) is 4.26. The van der Waals surface area contributed by atoms with Crippen LogP contribution >= 0.6 is 11.8 Å². The summed E-state index contributed by atoms with van der Waals surface area (Å²) in [6, 6.07) is 12.4. The first kappa shape index (κ1) is 10.9. The van der Waals surface area contributed by atoms with E-state index in [9.17, 15) is 0 Å². The fourth-order valence-corrected chi connectivity index (χ4v) is 3.36. The second-order valence-electron chi connectivity index (χ2n) is 4.49. The van der Waals surface area contributed by atoms with Crippen LogP contribution in [0.2, 0.25) is 0 Å². The van der Waals surface area contributed by atoms with Gasteiger partial charge in [0.1, 0.15) is 5.76 Å². The van der Waals surface area contributed by atoms with E-state index in [0.717, 1.165) is 29.6 Å². The van der Waals surface area contributed by atoms with Crippen molar-refractivity contribution in [1.29, 1.82) is 0 Å². The van der Waals surface area contributed by atoms with Crippen LogP contribution in [0.4, 0.5) is 0 Å². The molecule has 0 atom stereocenters. The van der Waals surface area contributed by atoms with Gasteiger partial charge in [0.25, 0.3) is 0 Å². The molecule has 3 heterocycles. The normalized spacial score (nSPS) is 17.4. The molecule has 3 nitrogen and oxygen atoms in total. The number of aliphatic imine (C=N–C) groups is 1. The highest BCUT2D eigenvalue weighted by Gasteiger charge is 2.26. The SMILES string of the molecule is C1=C(c2ccc(-c3ccco3)cc2)N2CCN=C2S1. The monoisotopic (exact) mass is 268 g/mol. The molecule has 0 saturated carbocycles. The van der Waals surface area contributed by atoms with Crippen LogP contribution in [0, 0.1) is 0 Å². The molecule has 0 aliphatic carbocycles. The number of nitrogens with zero attached hydrogens (tertiary/aromatic N) is 2. The van der Waals surface area contributed by atoms with Crippen molar-refractivity contribution < 1.29 is 4.42 Å². The molecule has 0 spiro atoms. The lowest BCUT2D eigenvalue weighted by atomic mass is 10.1. The van der Waals surface area contributed by atoms with Crippen molar-refractivity contribution >= 4 is 22.6 Å². The maximum atomic E-state index is 5.41. The van der Waals surface area contributed by atoms with E-state index in [1.165, 1.54) is 11.3 Å². The van der Waals surface area contributed by atoms with Gasteiger partial charge >= 0.3 is 0 Å². The number of benzene rings is 1. The van der Waals surface area contributed by atoms with Crippen molar-refractivity contribution in [3.63, 3.8) is 0 Å². The zero-order valence-corrected chi connectivity index (χ0v) is 11.1. The Hall–Kier alpha value is -1.94. The molecule has 2 aliphatic heterocycles. The van der Waals surface area contributed by atoms with Gasteiger partial charge in [0.05, 0.1) is 18.5 Å². The molecule has 94 valence electrons. The van der Waals surface area contributed by atoms with E-state index in [-0.39, 0.29) is 0 Å². The van der Waals surface area contributed by atoms with Crippen molar-refractivity contribution in [1.82, 2.24) is 4.90 Å². The summed E-state index contributed by atoms with van der Waals surface area (Å²) in [6.07, 6.45) is 1.70. The number of hydrogen-bond donors (Lipinski definition) is 0. The van der Waals surface area contributed by atoms with Crippen molar-refractivity contribution in [3.8, 4) is 11.3 Å². The molecular formula is C15H12N2OS. The second-order valence-corrected chi connectivity index (χ2v) is 5.33. The van der Waals surface area contributed by atoms with Gasteiger partial charge in [0.15, 0.2) is 5.17 Å². The average molecular weight is 268 g/mol. The fourth-order valence-electron chi connectivity index (χ4n) is 2.40. The van der Waals surface area contributed by atoms with Crippen LogP contribution in [-0.2, 0) is 0 Å². The molecule has 4 heteroatoms. The molecule has 2 aromatic rings. The van der Waals surface area contributed by atoms with Gasteiger partial charge < -0.3 is 9.32 Å². The number of furan rings is 1. The largest absolute Gasteiger partial charge is 0.464 e.